The number of rotatable bonds is 3. The number of nitrogens with zero attached hydrogens (tertiary/aromatic N) is 3. The Morgan fingerprint density at radius 3 is 1.42 bits per heavy atom. The predicted molar refractivity (Wildman–Crippen MR) is 112 cm³/mol. The van der Waals surface area contributed by atoms with E-state index in [1.54, 1.807) is 30.3 Å². The first kappa shape index (κ1) is 22.6. The second-order valence-corrected chi connectivity index (χ2v) is 7.69. The van der Waals surface area contributed by atoms with E-state index in [9.17, 15) is 26.3 Å². The lowest BCUT2D eigenvalue weighted by atomic mass is 10.0. The minimum absolute atomic E-state index is 0.0838. The van der Waals surface area contributed by atoms with Gasteiger partial charge in [0, 0.05) is 16.8 Å². The standard InChI is InChI=1S/C24H17F6N3/c1-14-8-16(12-18(10-14)23(25,26)27)21-31-32-22(33(21)20-6-4-3-5-7-20)17-9-15(2)11-19(13-17)24(28,29)30/h3-13H,1-2H3. The van der Waals surface area contributed by atoms with Crippen LogP contribution < -0.4 is 0 Å². The molecule has 0 fully saturated rings. The number of para-hydroxylation sites is 1. The Morgan fingerprint density at radius 2 is 1.03 bits per heavy atom. The molecule has 0 saturated heterocycles. The lowest BCUT2D eigenvalue weighted by Crippen LogP contribution is -2.07. The summed E-state index contributed by atoms with van der Waals surface area (Å²) >= 11 is 0. The molecule has 0 spiro atoms. The number of alkyl halides is 6. The fourth-order valence-corrected chi connectivity index (χ4v) is 3.63. The van der Waals surface area contributed by atoms with E-state index in [1.165, 1.54) is 30.5 Å². The van der Waals surface area contributed by atoms with Gasteiger partial charge in [0.25, 0.3) is 0 Å². The van der Waals surface area contributed by atoms with Crippen LogP contribution >= 0.6 is 0 Å². The maximum absolute atomic E-state index is 13.4. The van der Waals surface area contributed by atoms with Crippen molar-refractivity contribution >= 4 is 0 Å². The van der Waals surface area contributed by atoms with Gasteiger partial charge >= 0.3 is 12.4 Å². The Balaban J connectivity index is 1.99. The molecule has 1 heterocycles. The summed E-state index contributed by atoms with van der Waals surface area (Å²) in [4.78, 5) is 0. The van der Waals surface area contributed by atoms with Crippen LogP contribution in [0.1, 0.15) is 22.3 Å². The van der Waals surface area contributed by atoms with Crippen molar-refractivity contribution in [1.29, 1.82) is 0 Å². The van der Waals surface area contributed by atoms with Crippen molar-refractivity contribution in [3.8, 4) is 28.5 Å². The van der Waals surface area contributed by atoms with Gasteiger partial charge in [-0.15, -0.1) is 10.2 Å². The predicted octanol–water partition coefficient (Wildman–Crippen LogP) is 7.26. The molecule has 0 unspecified atom stereocenters. The molecular weight excluding hydrogens is 444 g/mol. The van der Waals surface area contributed by atoms with Crippen molar-refractivity contribution in [3.63, 3.8) is 0 Å². The highest BCUT2D eigenvalue weighted by molar-refractivity contribution is 5.68. The van der Waals surface area contributed by atoms with E-state index >= 15 is 0 Å². The lowest BCUT2D eigenvalue weighted by molar-refractivity contribution is -0.138. The molecule has 3 aromatic carbocycles. The van der Waals surface area contributed by atoms with Gasteiger partial charge in [-0.25, -0.2) is 0 Å². The summed E-state index contributed by atoms with van der Waals surface area (Å²) in [5.74, 6) is 0.168. The third kappa shape index (κ3) is 4.62. The SMILES string of the molecule is Cc1cc(-c2nnc(-c3cc(C)cc(C(F)(F)F)c3)n2-c2ccccc2)cc(C(F)(F)F)c1. The van der Waals surface area contributed by atoms with Crippen LogP contribution in [0.4, 0.5) is 26.3 Å². The Hall–Kier alpha value is -3.62. The molecule has 0 amide bonds. The molecule has 0 atom stereocenters. The van der Waals surface area contributed by atoms with Gasteiger partial charge in [-0.1, -0.05) is 18.2 Å². The van der Waals surface area contributed by atoms with Crippen LogP contribution in [0.15, 0.2) is 66.7 Å². The number of hydrogen-bond acceptors (Lipinski definition) is 2. The molecule has 170 valence electrons. The maximum Gasteiger partial charge on any atom is 0.416 e. The van der Waals surface area contributed by atoms with Gasteiger partial charge in [0.1, 0.15) is 0 Å². The minimum Gasteiger partial charge on any atom is -0.275 e. The molecule has 4 rings (SSSR count). The molecule has 9 heteroatoms. The molecule has 0 N–H and O–H groups in total. The van der Waals surface area contributed by atoms with E-state index in [2.05, 4.69) is 10.2 Å². The molecule has 0 aliphatic heterocycles. The van der Waals surface area contributed by atoms with Crippen LogP contribution in [-0.2, 0) is 12.4 Å². The number of aromatic nitrogens is 3. The summed E-state index contributed by atoms with van der Waals surface area (Å²) in [6.07, 6.45) is -9.14. The van der Waals surface area contributed by atoms with Crippen molar-refractivity contribution in [2.75, 3.05) is 0 Å². The molecule has 1 aromatic heterocycles. The zero-order valence-electron chi connectivity index (χ0n) is 17.5. The first-order chi connectivity index (χ1) is 15.4. The summed E-state index contributed by atoms with van der Waals surface area (Å²) in [6.45, 7) is 3.05. The van der Waals surface area contributed by atoms with E-state index in [-0.39, 0.29) is 22.8 Å². The van der Waals surface area contributed by atoms with Gasteiger partial charge in [-0.05, 0) is 73.5 Å². The zero-order chi connectivity index (χ0) is 24.0. The quantitative estimate of drug-likeness (QED) is 0.301. The molecule has 33 heavy (non-hydrogen) atoms. The van der Waals surface area contributed by atoms with Gasteiger partial charge in [0.2, 0.25) is 0 Å². The molecule has 3 nitrogen and oxygen atoms in total. The van der Waals surface area contributed by atoms with Gasteiger partial charge < -0.3 is 0 Å². The zero-order valence-corrected chi connectivity index (χ0v) is 17.5. The average molecular weight is 461 g/mol. The third-order valence-corrected chi connectivity index (χ3v) is 5.00. The van der Waals surface area contributed by atoms with Crippen molar-refractivity contribution in [3.05, 3.63) is 89.0 Å². The summed E-state index contributed by atoms with van der Waals surface area (Å²) < 4.78 is 81.9. The Bertz CT molecular complexity index is 1220. The number of halogens is 6. The summed E-state index contributed by atoms with van der Waals surface area (Å²) in [5, 5.41) is 8.18. The summed E-state index contributed by atoms with van der Waals surface area (Å²) in [6, 6.07) is 15.5. The van der Waals surface area contributed by atoms with Gasteiger partial charge in [-0.3, -0.25) is 4.57 Å². The molecule has 0 aliphatic carbocycles. The van der Waals surface area contributed by atoms with Crippen molar-refractivity contribution in [2.24, 2.45) is 0 Å². The largest absolute Gasteiger partial charge is 0.416 e. The van der Waals surface area contributed by atoms with E-state index < -0.39 is 23.5 Å². The number of hydrogen-bond donors (Lipinski definition) is 0. The monoisotopic (exact) mass is 461 g/mol. The lowest BCUT2D eigenvalue weighted by Gasteiger charge is -2.14. The molecule has 0 radical (unpaired) electrons. The molecule has 0 saturated carbocycles. The molecule has 0 aliphatic rings. The van der Waals surface area contributed by atoms with Gasteiger partial charge in [-0.2, -0.15) is 26.3 Å². The van der Waals surface area contributed by atoms with Crippen LogP contribution in [0.5, 0.6) is 0 Å². The minimum atomic E-state index is -4.57. The van der Waals surface area contributed by atoms with Crippen LogP contribution in [0.3, 0.4) is 0 Å². The highest BCUT2D eigenvalue weighted by Gasteiger charge is 2.33. The smallest absolute Gasteiger partial charge is 0.275 e. The maximum atomic E-state index is 13.4. The summed E-state index contributed by atoms with van der Waals surface area (Å²) in [5.41, 5.74) is -0.189. The fourth-order valence-electron chi connectivity index (χ4n) is 3.63. The van der Waals surface area contributed by atoms with E-state index in [0.29, 0.717) is 16.8 Å². The first-order valence-electron chi connectivity index (χ1n) is 9.83. The van der Waals surface area contributed by atoms with Crippen LogP contribution in [-0.4, -0.2) is 14.8 Å². The molecule has 4 aromatic rings. The Morgan fingerprint density at radius 1 is 0.606 bits per heavy atom. The van der Waals surface area contributed by atoms with Gasteiger partial charge in [0.15, 0.2) is 11.6 Å². The number of aryl methyl sites for hydroxylation is 2. The van der Waals surface area contributed by atoms with Crippen molar-refractivity contribution in [1.82, 2.24) is 14.8 Å². The van der Waals surface area contributed by atoms with Crippen molar-refractivity contribution in [2.45, 2.75) is 26.2 Å². The van der Waals surface area contributed by atoms with Crippen LogP contribution in [0.25, 0.3) is 28.5 Å². The summed E-state index contributed by atoms with van der Waals surface area (Å²) in [7, 11) is 0. The second-order valence-electron chi connectivity index (χ2n) is 7.69. The number of benzene rings is 3. The normalized spacial score (nSPS) is 12.2. The highest BCUT2D eigenvalue weighted by Crippen LogP contribution is 2.37. The average Bonchev–Trinajstić information content (AvgIpc) is 3.17. The first-order valence-corrected chi connectivity index (χ1v) is 9.83. The van der Waals surface area contributed by atoms with Gasteiger partial charge in [0.05, 0.1) is 11.1 Å². The Labute approximate surface area is 185 Å². The van der Waals surface area contributed by atoms with E-state index in [0.717, 1.165) is 24.3 Å². The van der Waals surface area contributed by atoms with Crippen LogP contribution in [0, 0.1) is 13.8 Å². The molecule has 0 bridgehead atoms. The Kier molecular flexibility index (Phi) is 5.51. The topological polar surface area (TPSA) is 30.7 Å². The highest BCUT2D eigenvalue weighted by atomic mass is 19.4. The fraction of sp³-hybridized carbons (Fsp3) is 0.167. The van der Waals surface area contributed by atoms with Crippen LogP contribution in [0.2, 0.25) is 0 Å². The van der Waals surface area contributed by atoms with E-state index in [4.69, 9.17) is 0 Å². The third-order valence-electron chi connectivity index (χ3n) is 5.00. The molecular formula is C24H17F6N3. The second kappa shape index (κ2) is 8.06. The van der Waals surface area contributed by atoms with Crippen molar-refractivity contribution < 1.29 is 26.3 Å². The van der Waals surface area contributed by atoms with E-state index in [1.807, 2.05) is 0 Å².